The zero-order valence-corrected chi connectivity index (χ0v) is 13.1. The maximum absolute atomic E-state index is 13.8. The van der Waals surface area contributed by atoms with Gasteiger partial charge in [-0.2, -0.15) is 0 Å². The Morgan fingerprint density at radius 1 is 1.00 bits per heavy atom. The molecule has 2 aromatic heterocycles. The number of benzene rings is 2. The smallest absolute Gasteiger partial charge is 0.291 e. The molecule has 0 aliphatic rings. The molecule has 4 aromatic rings. The van der Waals surface area contributed by atoms with Crippen LogP contribution in [-0.2, 0) is 0 Å². The quantitative estimate of drug-likeness (QED) is 0.581. The molecular formula is C20H13FN2O2. The highest BCUT2D eigenvalue weighted by Crippen LogP contribution is 2.25. The Labute approximate surface area is 142 Å². The third-order valence-corrected chi connectivity index (χ3v) is 3.82. The Bertz CT molecular complexity index is 1070. The normalized spacial score (nSPS) is 10.8. The molecule has 4 rings (SSSR count). The molecule has 0 saturated carbocycles. The van der Waals surface area contributed by atoms with Crippen LogP contribution in [0.25, 0.3) is 22.2 Å². The summed E-state index contributed by atoms with van der Waals surface area (Å²) in [6.45, 7) is 0. The van der Waals surface area contributed by atoms with Crippen molar-refractivity contribution in [3.8, 4) is 11.3 Å². The fraction of sp³-hybridized carbons (Fsp3) is 0. The Morgan fingerprint density at radius 3 is 2.68 bits per heavy atom. The van der Waals surface area contributed by atoms with E-state index in [1.807, 2.05) is 30.3 Å². The van der Waals surface area contributed by atoms with Gasteiger partial charge in [-0.25, -0.2) is 4.39 Å². The highest BCUT2D eigenvalue weighted by molar-refractivity contribution is 6.03. The Morgan fingerprint density at radius 2 is 1.80 bits per heavy atom. The van der Waals surface area contributed by atoms with Gasteiger partial charge in [0.15, 0.2) is 5.76 Å². The topological polar surface area (TPSA) is 55.1 Å². The van der Waals surface area contributed by atoms with Crippen molar-refractivity contribution < 1.29 is 13.6 Å². The van der Waals surface area contributed by atoms with Gasteiger partial charge in [0.2, 0.25) is 0 Å². The van der Waals surface area contributed by atoms with Gasteiger partial charge in [-0.1, -0.05) is 30.3 Å². The molecule has 0 saturated heterocycles. The molecule has 0 bridgehead atoms. The van der Waals surface area contributed by atoms with Gasteiger partial charge in [-0.05, 0) is 36.4 Å². The van der Waals surface area contributed by atoms with Crippen LogP contribution in [0.15, 0.2) is 77.3 Å². The number of para-hydroxylation sites is 1. The maximum Gasteiger partial charge on any atom is 0.291 e. The summed E-state index contributed by atoms with van der Waals surface area (Å²) in [6, 6.07) is 18.8. The summed E-state index contributed by atoms with van der Waals surface area (Å²) in [5, 5.41) is 3.66. The minimum absolute atomic E-state index is 0.103. The lowest BCUT2D eigenvalue weighted by Crippen LogP contribution is -2.11. The van der Waals surface area contributed by atoms with Crippen molar-refractivity contribution >= 4 is 22.5 Å². The maximum atomic E-state index is 13.8. The first-order valence-electron chi connectivity index (χ1n) is 7.71. The monoisotopic (exact) mass is 332 g/mol. The number of halogens is 1. The first-order valence-corrected chi connectivity index (χ1v) is 7.71. The largest absolute Gasteiger partial charge is 0.451 e. The van der Waals surface area contributed by atoms with Gasteiger partial charge < -0.3 is 9.73 Å². The zero-order chi connectivity index (χ0) is 17.2. The van der Waals surface area contributed by atoms with E-state index in [0.29, 0.717) is 17.0 Å². The van der Waals surface area contributed by atoms with E-state index in [1.165, 1.54) is 12.1 Å². The van der Waals surface area contributed by atoms with E-state index in [-0.39, 0.29) is 5.76 Å². The average molecular weight is 332 g/mol. The summed E-state index contributed by atoms with van der Waals surface area (Å²) >= 11 is 0. The fourth-order valence-electron chi connectivity index (χ4n) is 2.60. The van der Waals surface area contributed by atoms with E-state index in [4.69, 9.17) is 4.42 Å². The highest BCUT2D eigenvalue weighted by Gasteiger charge is 2.14. The minimum Gasteiger partial charge on any atom is -0.451 e. The zero-order valence-electron chi connectivity index (χ0n) is 13.1. The molecule has 1 N–H and O–H groups in total. The molecule has 0 unspecified atom stereocenters. The predicted molar refractivity (Wildman–Crippen MR) is 93.8 cm³/mol. The van der Waals surface area contributed by atoms with Crippen LogP contribution in [0.2, 0.25) is 0 Å². The molecule has 122 valence electrons. The molecule has 5 heteroatoms. The van der Waals surface area contributed by atoms with Crippen molar-refractivity contribution in [2.45, 2.75) is 0 Å². The van der Waals surface area contributed by atoms with Gasteiger partial charge in [-0.3, -0.25) is 9.78 Å². The summed E-state index contributed by atoms with van der Waals surface area (Å²) in [6.07, 6.45) is 1.58. The fourth-order valence-corrected chi connectivity index (χ4v) is 2.60. The third kappa shape index (κ3) is 2.99. The lowest BCUT2D eigenvalue weighted by atomic mass is 10.1. The van der Waals surface area contributed by atoms with E-state index >= 15 is 0 Å². The standard InChI is InChI=1S/C20H13FN2O2/c21-16-7-3-2-6-15(16)18-9-10-19(25-18)20(24)23-14-11-13-5-1-4-8-17(13)22-12-14/h1-12H,(H,23,24). The highest BCUT2D eigenvalue weighted by atomic mass is 19.1. The summed E-state index contributed by atoms with van der Waals surface area (Å²) in [5.41, 5.74) is 1.72. The number of carbonyl (C=O) groups excluding carboxylic acids is 1. The Kier molecular flexibility index (Phi) is 3.74. The van der Waals surface area contributed by atoms with E-state index in [0.717, 1.165) is 10.9 Å². The van der Waals surface area contributed by atoms with Crippen molar-refractivity contribution in [3.05, 3.63) is 84.5 Å². The van der Waals surface area contributed by atoms with E-state index in [9.17, 15) is 9.18 Å². The molecule has 2 heterocycles. The lowest BCUT2D eigenvalue weighted by molar-refractivity contribution is 0.0997. The molecular weight excluding hydrogens is 319 g/mol. The van der Waals surface area contributed by atoms with Crippen molar-refractivity contribution in [2.75, 3.05) is 5.32 Å². The number of fused-ring (bicyclic) bond motifs is 1. The number of furan rings is 1. The molecule has 2 aromatic carbocycles. The second-order valence-corrected chi connectivity index (χ2v) is 5.51. The van der Waals surface area contributed by atoms with E-state index in [2.05, 4.69) is 10.3 Å². The predicted octanol–water partition coefficient (Wildman–Crippen LogP) is 4.89. The Balaban J connectivity index is 1.58. The summed E-state index contributed by atoms with van der Waals surface area (Å²) in [4.78, 5) is 16.7. The number of hydrogen-bond donors (Lipinski definition) is 1. The van der Waals surface area contributed by atoms with Crippen LogP contribution in [0.1, 0.15) is 10.6 Å². The van der Waals surface area contributed by atoms with Gasteiger partial charge in [0, 0.05) is 5.39 Å². The SMILES string of the molecule is O=C(Nc1cnc2ccccc2c1)c1ccc(-c2ccccc2F)o1. The van der Waals surface area contributed by atoms with Crippen molar-refractivity contribution in [3.63, 3.8) is 0 Å². The molecule has 0 atom stereocenters. The van der Waals surface area contributed by atoms with Crippen LogP contribution in [0.3, 0.4) is 0 Å². The summed E-state index contributed by atoms with van der Waals surface area (Å²) in [7, 11) is 0. The third-order valence-electron chi connectivity index (χ3n) is 3.82. The van der Waals surface area contributed by atoms with Crippen LogP contribution in [-0.4, -0.2) is 10.9 Å². The van der Waals surface area contributed by atoms with Gasteiger partial charge in [0.05, 0.1) is 23.0 Å². The number of rotatable bonds is 3. The minimum atomic E-state index is -0.417. The first-order chi connectivity index (χ1) is 12.2. The van der Waals surface area contributed by atoms with Gasteiger partial charge in [0.25, 0.3) is 5.91 Å². The van der Waals surface area contributed by atoms with Gasteiger partial charge >= 0.3 is 0 Å². The van der Waals surface area contributed by atoms with Crippen molar-refractivity contribution in [2.24, 2.45) is 0 Å². The van der Waals surface area contributed by atoms with Crippen LogP contribution >= 0.6 is 0 Å². The molecule has 0 fully saturated rings. The van der Waals surface area contributed by atoms with Gasteiger partial charge in [0.1, 0.15) is 11.6 Å². The summed E-state index contributed by atoms with van der Waals surface area (Å²) in [5.74, 6) is -0.409. The number of nitrogens with one attached hydrogen (secondary N) is 1. The number of amides is 1. The number of aromatic nitrogens is 1. The first kappa shape index (κ1) is 15.1. The molecule has 0 aliphatic heterocycles. The average Bonchev–Trinajstić information content (AvgIpc) is 3.12. The van der Waals surface area contributed by atoms with Crippen LogP contribution < -0.4 is 5.32 Å². The number of anilines is 1. The van der Waals surface area contributed by atoms with Crippen LogP contribution in [0, 0.1) is 5.82 Å². The van der Waals surface area contributed by atoms with Gasteiger partial charge in [-0.15, -0.1) is 0 Å². The van der Waals surface area contributed by atoms with E-state index < -0.39 is 11.7 Å². The summed E-state index contributed by atoms with van der Waals surface area (Å²) < 4.78 is 19.3. The second kappa shape index (κ2) is 6.20. The van der Waals surface area contributed by atoms with Crippen molar-refractivity contribution in [1.29, 1.82) is 0 Å². The second-order valence-electron chi connectivity index (χ2n) is 5.51. The number of nitrogens with zero attached hydrogens (tertiary/aromatic N) is 1. The van der Waals surface area contributed by atoms with Crippen LogP contribution in [0.4, 0.5) is 10.1 Å². The molecule has 25 heavy (non-hydrogen) atoms. The van der Waals surface area contributed by atoms with Crippen LogP contribution in [0.5, 0.6) is 0 Å². The number of hydrogen-bond acceptors (Lipinski definition) is 3. The van der Waals surface area contributed by atoms with Crippen molar-refractivity contribution in [1.82, 2.24) is 4.98 Å². The molecule has 4 nitrogen and oxygen atoms in total. The van der Waals surface area contributed by atoms with E-state index in [1.54, 1.807) is 30.5 Å². The molecule has 0 radical (unpaired) electrons. The molecule has 0 spiro atoms. The number of pyridine rings is 1. The molecule has 0 aliphatic carbocycles. The number of carbonyl (C=O) groups is 1. The lowest BCUT2D eigenvalue weighted by Gasteiger charge is -2.04. The molecule has 1 amide bonds. The Hall–Kier alpha value is -3.47.